The smallest absolute Gasteiger partial charge is 0.159 e. The van der Waals surface area contributed by atoms with E-state index in [1.807, 2.05) is 12.1 Å². The largest absolute Gasteiger partial charge is 0.455 e. The van der Waals surface area contributed by atoms with Gasteiger partial charge in [-0.15, -0.1) is 0 Å². The van der Waals surface area contributed by atoms with Crippen LogP contribution in [0.25, 0.3) is 76.9 Å². The summed E-state index contributed by atoms with van der Waals surface area (Å²) in [6.07, 6.45) is 0. The van der Waals surface area contributed by atoms with Crippen LogP contribution in [0.4, 0.5) is 17.1 Å². The Bertz CT molecular complexity index is 2810. The van der Waals surface area contributed by atoms with Crippen molar-refractivity contribution in [2.45, 2.75) is 0 Å². The fraction of sp³-hybridized carbons (Fsp3) is 0. The lowest BCUT2D eigenvalue weighted by atomic mass is 10.0. The highest BCUT2D eigenvalue weighted by Crippen LogP contribution is 2.45. The highest BCUT2D eigenvalue weighted by Gasteiger charge is 2.21. The molecule has 3 nitrogen and oxygen atoms in total. The molecule has 2 aromatic heterocycles. The van der Waals surface area contributed by atoms with Crippen LogP contribution in [-0.2, 0) is 0 Å². The third kappa shape index (κ3) is 4.44. The number of rotatable bonds is 5. The van der Waals surface area contributed by atoms with Crippen LogP contribution in [0.1, 0.15) is 0 Å². The van der Waals surface area contributed by atoms with Gasteiger partial charge in [-0.1, -0.05) is 133 Å². The van der Waals surface area contributed by atoms with Gasteiger partial charge >= 0.3 is 0 Å². The second kappa shape index (κ2) is 11.0. The van der Waals surface area contributed by atoms with E-state index in [0.717, 1.165) is 72.1 Å². The number of benzene rings is 8. The monoisotopic (exact) mass is 627 g/mol. The molecule has 0 spiro atoms. The molecule has 0 N–H and O–H groups in total. The molecule has 0 amide bonds. The summed E-state index contributed by atoms with van der Waals surface area (Å²) < 4.78 is 13.1. The second-order valence-corrected chi connectivity index (χ2v) is 12.5. The average Bonchev–Trinajstić information content (AvgIpc) is 3.75. The Hall–Kier alpha value is -6.58. The molecular weight excluding hydrogens is 599 g/mol. The van der Waals surface area contributed by atoms with Gasteiger partial charge in [0, 0.05) is 38.5 Å². The van der Waals surface area contributed by atoms with Crippen molar-refractivity contribution in [3.8, 4) is 22.3 Å². The van der Waals surface area contributed by atoms with Crippen LogP contribution >= 0.6 is 0 Å². The van der Waals surface area contributed by atoms with Crippen molar-refractivity contribution in [3.05, 3.63) is 176 Å². The molecule has 0 saturated carbocycles. The van der Waals surface area contributed by atoms with Gasteiger partial charge in [-0.2, -0.15) is 0 Å². The van der Waals surface area contributed by atoms with Gasteiger partial charge < -0.3 is 13.7 Å². The number of fused-ring (bicyclic) bond motifs is 8. The zero-order valence-electron chi connectivity index (χ0n) is 26.5. The number of hydrogen-bond acceptors (Lipinski definition) is 3. The van der Waals surface area contributed by atoms with Crippen LogP contribution in [0.3, 0.4) is 0 Å². The summed E-state index contributed by atoms with van der Waals surface area (Å²) >= 11 is 0. The van der Waals surface area contributed by atoms with E-state index in [2.05, 4.69) is 169 Å². The molecule has 0 aliphatic rings. The standard InChI is InChI=1S/C46H29NO2/c1-2-10-30(11-3-1)31-20-25-34(26-21-31)47(41-18-9-17-40-44-36-13-5-4-12-32(36)24-29-43(44)49-46(40)41)35-27-22-33(23-28-35)37-15-8-16-39-38-14-6-7-19-42(38)48-45(37)39/h1-29H. The maximum absolute atomic E-state index is 6.72. The fourth-order valence-corrected chi connectivity index (χ4v) is 7.35. The Labute approximate surface area is 282 Å². The minimum atomic E-state index is 0.858. The Kier molecular flexibility index (Phi) is 6.18. The summed E-state index contributed by atoms with van der Waals surface area (Å²) in [5.41, 5.74) is 11.1. The Morgan fingerprint density at radius 3 is 1.78 bits per heavy atom. The number of para-hydroxylation sites is 3. The van der Waals surface area contributed by atoms with Crippen molar-refractivity contribution in [1.82, 2.24) is 0 Å². The molecule has 2 heterocycles. The van der Waals surface area contributed by atoms with Crippen LogP contribution in [0.5, 0.6) is 0 Å². The number of hydrogen-bond donors (Lipinski definition) is 0. The first kappa shape index (κ1) is 27.5. The highest BCUT2D eigenvalue weighted by molar-refractivity contribution is 6.21. The number of furan rings is 2. The Balaban J connectivity index is 1.15. The van der Waals surface area contributed by atoms with Crippen LogP contribution in [0.2, 0.25) is 0 Å². The van der Waals surface area contributed by atoms with E-state index >= 15 is 0 Å². The van der Waals surface area contributed by atoms with E-state index in [-0.39, 0.29) is 0 Å². The first-order valence-corrected chi connectivity index (χ1v) is 16.6. The van der Waals surface area contributed by atoms with Crippen molar-refractivity contribution in [2.24, 2.45) is 0 Å². The molecule has 0 aliphatic carbocycles. The Morgan fingerprint density at radius 1 is 0.347 bits per heavy atom. The zero-order chi connectivity index (χ0) is 32.3. The van der Waals surface area contributed by atoms with Crippen LogP contribution in [0.15, 0.2) is 185 Å². The topological polar surface area (TPSA) is 29.5 Å². The molecule has 10 aromatic rings. The van der Waals surface area contributed by atoms with E-state index in [4.69, 9.17) is 8.83 Å². The molecule has 0 atom stereocenters. The number of nitrogens with zero attached hydrogens (tertiary/aromatic N) is 1. The normalized spacial score (nSPS) is 11.7. The molecule has 10 rings (SSSR count). The SMILES string of the molecule is c1ccc(-c2ccc(N(c3ccc(-c4cccc5c4oc4ccccc45)cc3)c3cccc4c3oc3ccc5ccccc5c34)cc2)cc1. The van der Waals surface area contributed by atoms with Crippen LogP contribution in [0, 0.1) is 0 Å². The minimum Gasteiger partial charge on any atom is -0.455 e. The molecule has 0 aliphatic heterocycles. The number of anilines is 3. The van der Waals surface area contributed by atoms with Crippen molar-refractivity contribution in [1.29, 1.82) is 0 Å². The lowest BCUT2D eigenvalue weighted by Gasteiger charge is -2.26. The van der Waals surface area contributed by atoms with Gasteiger partial charge in [-0.25, -0.2) is 0 Å². The Morgan fingerprint density at radius 2 is 0.959 bits per heavy atom. The van der Waals surface area contributed by atoms with Crippen LogP contribution in [-0.4, -0.2) is 0 Å². The van der Waals surface area contributed by atoms with E-state index in [1.165, 1.54) is 21.9 Å². The van der Waals surface area contributed by atoms with Gasteiger partial charge in [0.1, 0.15) is 16.7 Å². The molecule has 0 radical (unpaired) electrons. The molecule has 0 unspecified atom stereocenters. The van der Waals surface area contributed by atoms with Gasteiger partial charge in [0.25, 0.3) is 0 Å². The van der Waals surface area contributed by atoms with Crippen molar-refractivity contribution in [2.75, 3.05) is 4.90 Å². The van der Waals surface area contributed by atoms with E-state index in [0.29, 0.717) is 0 Å². The van der Waals surface area contributed by atoms with Gasteiger partial charge in [0.15, 0.2) is 5.58 Å². The summed E-state index contributed by atoms with van der Waals surface area (Å²) in [6, 6.07) is 61.9. The molecule has 0 bridgehead atoms. The fourth-order valence-electron chi connectivity index (χ4n) is 7.35. The quantitative estimate of drug-likeness (QED) is 0.190. The molecule has 0 fully saturated rings. The first-order valence-electron chi connectivity index (χ1n) is 16.6. The van der Waals surface area contributed by atoms with Gasteiger partial charge in [0.2, 0.25) is 0 Å². The molecule has 3 heteroatoms. The van der Waals surface area contributed by atoms with Gasteiger partial charge in [-0.3, -0.25) is 0 Å². The first-order chi connectivity index (χ1) is 24.3. The third-order valence-electron chi connectivity index (χ3n) is 9.68. The lowest BCUT2D eigenvalue weighted by Crippen LogP contribution is -2.10. The summed E-state index contributed by atoms with van der Waals surface area (Å²) in [4.78, 5) is 2.30. The molecule has 230 valence electrons. The second-order valence-electron chi connectivity index (χ2n) is 12.5. The predicted octanol–water partition coefficient (Wildman–Crippen LogP) is 13.4. The third-order valence-corrected chi connectivity index (χ3v) is 9.68. The summed E-state index contributed by atoms with van der Waals surface area (Å²) in [5.74, 6) is 0. The summed E-state index contributed by atoms with van der Waals surface area (Å²) in [5, 5.41) is 6.89. The van der Waals surface area contributed by atoms with Gasteiger partial charge in [0.05, 0.1) is 5.69 Å². The molecule has 49 heavy (non-hydrogen) atoms. The van der Waals surface area contributed by atoms with E-state index < -0.39 is 0 Å². The predicted molar refractivity (Wildman–Crippen MR) is 204 cm³/mol. The highest BCUT2D eigenvalue weighted by atomic mass is 16.3. The summed E-state index contributed by atoms with van der Waals surface area (Å²) in [7, 11) is 0. The summed E-state index contributed by atoms with van der Waals surface area (Å²) in [6.45, 7) is 0. The molecule has 0 saturated heterocycles. The van der Waals surface area contributed by atoms with Gasteiger partial charge in [-0.05, 0) is 69.9 Å². The maximum atomic E-state index is 6.72. The molecular formula is C46H29NO2. The minimum absolute atomic E-state index is 0.858. The van der Waals surface area contributed by atoms with E-state index in [1.54, 1.807) is 0 Å². The average molecular weight is 628 g/mol. The molecule has 8 aromatic carbocycles. The van der Waals surface area contributed by atoms with E-state index in [9.17, 15) is 0 Å². The van der Waals surface area contributed by atoms with Crippen LogP contribution < -0.4 is 4.90 Å². The van der Waals surface area contributed by atoms with Crippen molar-refractivity contribution in [3.63, 3.8) is 0 Å². The maximum Gasteiger partial charge on any atom is 0.159 e. The van der Waals surface area contributed by atoms with Crippen molar-refractivity contribution >= 4 is 71.7 Å². The van der Waals surface area contributed by atoms with Crippen molar-refractivity contribution < 1.29 is 8.83 Å². The zero-order valence-corrected chi connectivity index (χ0v) is 26.5. The lowest BCUT2D eigenvalue weighted by molar-refractivity contribution is 0.669.